The number of rotatable bonds is 3. The quantitative estimate of drug-likeness (QED) is 0.837. The van der Waals surface area contributed by atoms with E-state index in [1.807, 2.05) is 13.0 Å². The summed E-state index contributed by atoms with van der Waals surface area (Å²) in [5, 5.41) is 9.33. The van der Waals surface area contributed by atoms with Gasteiger partial charge < -0.3 is 14.7 Å². The number of carboxylic acid groups (broad SMARTS) is 1. The fourth-order valence-electron chi connectivity index (χ4n) is 1.24. The highest BCUT2D eigenvalue weighted by molar-refractivity contribution is 7.80. The molecule has 1 aromatic rings. The number of carboxylic acids is 1. The van der Waals surface area contributed by atoms with Crippen molar-refractivity contribution in [3.05, 3.63) is 29.3 Å². The molecule has 0 atom stereocenters. The zero-order chi connectivity index (χ0) is 13.0. The van der Waals surface area contributed by atoms with E-state index < -0.39 is 5.97 Å². The van der Waals surface area contributed by atoms with Crippen LogP contribution in [0.1, 0.15) is 22.8 Å². The molecule has 0 aliphatic heterocycles. The number of ether oxygens (including phenoxy) is 1. The lowest BCUT2D eigenvalue weighted by molar-refractivity contribution is 0.0694. The third-order valence-electron chi connectivity index (χ3n) is 2.25. The van der Waals surface area contributed by atoms with Gasteiger partial charge in [-0.2, -0.15) is 0 Å². The van der Waals surface area contributed by atoms with Gasteiger partial charge in [0.2, 0.25) is 0 Å². The molecular weight excluding hydrogens is 238 g/mol. The van der Waals surface area contributed by atoms with Crippen LogP contribution >= 0.6 is 12.2 Å². The van der Waals surface area contributed by atoms with E-state index in [4.69, 9.17) is 22.1 Å². The summed E-state index contributed by atoms with van der Waals surface area (Å²) in [6.07, 6.45) is 0.776. The molecule has 0 saturated heterocycles. The highest BCUT2D eigenvalue weighted by atomic mass is 32.1. The lowest BCUT2D eigenvalue weighted by Gasteiger charge is -2.15. The number of nitrogens with zero attached hydrogens (tertiary/aromatic N) is 1. The van der Waals surface area contributed by atoms with Crippen molar-refractivity contribution in [2.45, 2.75) is 13.3 Å². The average molecular weight is 253 g/mol. The second kappa shape index (κ2) is 5.63. The first kappa shape index (κ1) is 13.4. The van der Waals surface area contributed by atoms with Crippen LogP contribution in [0.15, 0.2) is 18.2 Å². The molecule has 0 heterocycles. The van der Waals surface area contributed by atoms with Crippen molar-refractivity contribution in [1.82, 2.24) is 4.90 Å². The minimum absolute atomic E-state index is 0.133. The van der Waals surface area contributed by atoms with E-state index >= 15 is 0 Å². The third-order valence-corrected chi connectivity index (χ3v) is 2.69. The number of hydrogen-bond donors (Lipinski definition) is 1. The van der Waals surface area contributed by atoms with Crippen LogP contribution in [-0.2, 0) is 6.42 Å². The molecule has 17 heavy (non-hydrogen) atoms. The summed E-state index contributed by atoms with van der Waals surface area (Å²) in [4.78, 5) is 12.7. The molecule has 0 aliphatic carbocycles. The molecule has 92 valence electrons. The summed E-state index contributed by atoms with van der Waals surface area (Å²) in [6, 6.07) is 5.08. The topological polar surface area (TPSA) is 49.8 Å². The summed E-state index contributed by atoms with van der Waals surface area (Å²) >= 11 is 4.98. The number of aromatic carboxylic acids is 1. The zero-order valence-electron chi connectivity index (χ0n) is 10.1. The lowest BCUT2D eigenvalue weighted by Crippen LogP contribution is -2.25. The van der Waals surface area contributed by atoms with Crippen molar-refractivity contribution in [1.29, 1.82) is 0 Å². The molecule has 1 aromatic carbocycles. The Labute approximate surface area is 106 Å². The standard InChI is InChI=1S/C12H15NO3S/c1-4-8-5-6-10(9(7-8)11(14)15)16-12(17)13(2)3/h5-7H,4H2,1-3H3,(H,14,15). The first-order valence-electron chi connectivity index (χ1n) is 5.21. The SMILES string of the molecule is CCc1ccc(OC(=S)N(C)C)c(C(=O)O)c1. The maximum atomic E-state index is 11.1. The molecule has 0 unspecified atom stereocenters. The van der Waals surface area contributed by atoms with E-state index in [1.54, 1.807) is 31.1 Å². The summed E-state index contributed by atoms with van der Waals surface area (Å²) in [5.74, 6) is -0.745. The Balaban J connectivity index is 3.06. The molecule has 0 saturated carbocycles. The van der Waals surface area contributed by atoms with Gasteiger partial charge in [-0.15, -0.1) is 0 Å². The van der Waals surface area contributed by atoms with Crippen molar-refractivity contribution in [3.63, 3.8) is 0 Å². The minimum Gasteiger partial charge on any atom is -0.478 e. The van der Waals surface area contributed by atoms with E-state index in [-0.39, 0.29) is 16.5 Å². The van der Waals surface area contributed by atoms with E-state index in [2.05, 4.69) is 0 Å². The molecule has 1 N–H and O–H groups in total. The van der Waals surface area contributed by atoms with Crippen LogP contribution in [0.2, 0.25) is 0 Å². The van der Waals surface area contributed by atoms with Crippen LogP contribution < -0.4 is 4.74 Å². The molecule has 0 fully saturated rings. The summed E-state index contributed by atoms with van der Waals surface area (Å²) in [6.45, 7) is 1.96. The summed E-state index contributed by atoms with van der Waals surface area (Å²) < 4.78 is 5.34. The second-order valence-electron chi connectivity index (χ2n) is 3.75. The van der Waals surface area contributed by atoms with Crippen LogP contribution in [0, 0.1) is 0 Å². The molecule has 0 spiro atoms. The van der Waals surface area contributed by atoms with Crippen molar-refractivity contribution >= 4 is 23.4 Å². The van der Waals surface area contributed by atoms with Gasteiger partial charge in [0.25, 0.3) is 5.17 Å². The first-order valence-corrected chi connectivity index (χ1v) is 5.62. The summed E-state index contributed by atoms with van der Waals surface area (Å²) in [7, 11) is 3.48. The van der Waals surface area contributed by atoms with Crippen molar-refractivity contribution in [2.24, 2.45) is 0 Å². The van der Waals surface area contributed by atoms with Gasteiger partial charge in [-0.3, -0.25) is 0 Å². The molecule has 5 heteroatoms. The maximum Gasteiger partial charge on any atom is 0.339 e. The smallest absolute Gasteiger partial charge is 0.339 e. The van der Waals surface area contributed by atoms with E-state index in [1.165, 1.54) is 0 Å². The van der Waals surface area contributed by atoms with Gasteiger partial charge in [0, 0.05) is 14.1 Å². The maximum absolute atomic E-state index is 11.1. The van der Waals surface area contributed by atoms with Gasteiger partial charge in [0.15, 0.2) is 0 Å². The molecule has 0 radical (unpaired) electrons. The highest BCUT2D eigenvalue weighted by Gasteiger charge is 2.14. The van der Waals surface area contributed by atoms with Crippen LogP contribution in [0.5, 0.6) is 5.75 Å². The van der Waals surface area contributed by atoms with Gasteiger partial charge >= 0.3 is 5.97 Å². The molecule has 1 rings (SSSR count). The fraction of sp³-hybridized carbons (Fsp3) is 0.333. The van der Waals surface area contributed by atoms with E-state index in [0.717, 1.165) is 12.0 Å². The van der Waals surface area contributed by atoms with Crippen molar-refractivity contribution in [3.8, 4) is 5.75 Å². The number of thiocarbonyl (C=S) groups is 1. The van der Waals surface area contributed by atoms with Crippen LogP contribution in [0.25, 0.3) is 0 Å². The Hall–Kier alpha value is -1.62. The predicted molar refractivity (Wildman–Crippen MR) is 69.7 cm³/mol. The third kappa shape index (κ3) is 3.42. The Morgan fingerprint density at radius 3 is 2.59 bits per heavy atom. The van der Waals surface area contributed by atoms with E-state index in [0.29, 0.717) is 0 Å². The number of carbonyl (C=O) groups is 1. The van der Waals surface area contributed by atoms with Crippen LogP contribution in [-0.4, -0.2) is 35.2 Å². The number of hydrogen-bond acceptors (Lipinski definition) is 3. The molecule has 0 amide bonds. The molecule has 0 bridgehead atoms. The number of aryl methyl sites for hydroxylation is 1. The van der Waals surface area contributed by atoms with Gasteiger partial charge in [0.05, 0.1) is 0 Å². The molecule has 4 nitrogen and oxygen atoms in total. The Kier molecular flexibility index (Phi) is 4.45. The van der Waals surface area contributed by atoms with Crippen molar-refractivity contribution in [2.75, 3.05) is 14.1 Å². The normalized spacial score (nSPS) is 9.82. The zero-order valence-corrected chi connectivity index (χ0v) is 10.9. The van der Waals surface area contributed by atoms with E-state index in [9.17, 15) is 4.79 Å². The lowest BCUT2D eigenvalue weighted by atomic mass is 10.1. The average Bonchev–Trinajstić information content (AvgIpc) is 2.29. The largest absolute Gasteiger partial charge is 0.478 e. The van der Waals surface area contributed by atoms with Crippen LogP contribution in [0.3, 0.4) is 0 Å². The fourth-order valence-corrected chi connectivity index (χ4v) is 1.33. The molecule has 0 aromatic heterocycles. The highest BCUT2D eigenvalue weighted by Crippen LogP contribution is 2.21. The molecular formula is C12H15NO3S. The molecule has 0 aliphatic rings. The monoisotopic (exact) mass is 253 g/mol. The predicted octanol–water partition coefficient (Wildman–Crippen LogP) is 2.17. The minimum atomic E-state index is -1.02. The van der Waals surface area contributed by atoms with Crippen molar-refractivity contribution < 1.29 is 14.6 Å². The number of benzene rings is 1. The Morgan fingerprint density at radius 1 is 1.47 bits per heavy atom. The Morgan fingerprint density at radius 2 is 2.12 bits per heavy atom. The first-order chi connectivity index (χ1) is 7.95. The Bertz CT molecular complexity index is 443. The van der Waals surface area contributed by atoms with Gasteiger partial charge in [-0.25, -0.2) is 4.79 Å². The van der Waals surface area contributed by atoms with Crippen LogP contribution in [0.4, 0.5) is 0 Å². The van der Waals surface area contributed by atoms with Gasteiger partial charge in [-0.05, 0) is 36.3 Å². The summed E-state index contributed by atoms with van der Waals surface area (Å²) in [5.41, 5.74) is 1.08. The second-order valence-corrected chi connectivity index (χ2v) is 4.10. The van der Waals surface area contributed by atoms with Gasteiger partial charge in [0.1, 0.15) is 11.3 Å². The van der Waals surface area contributed by atoms with Gasteiger partial charge in [-0.1, -0.05) is 13.0 Å².